The Morgan fingerprint density at radius 1 is 1.17 bits per heavy atom. The zero-order valence-electron chi connectivity index (χ0n) is 24.4. The summed E-state index contributed by atoms with van der Waals surface area (Å²) in [6, 6.07) is 9.88. The number of nitrogen functional groups attached to an aromatic ring is 1. The van der Waals surface area contributed by atoms with Crippen LogP contribution in [0, 0.1) is 11.7 Å². The molecule has 0 spiro atoms. The number of carboxylic acids is 2. The maximum atomic E-state index is 14.0. The van der Waals surface area contributed by atoms with E-state index in [9.17, 15) is 44.0 Å². The number of fused-ring (bicyclic) bond motifs is 2. The molecular formula is C31H25FN5O9S2+. The highest BCUT2D eigenvalue weighted by Crippen LogP contribution is 2.45. The lowest BCUT2D eigenvalue weighted by atomic mass is 9.71. The maximum absolute atomic E-state index is 14.0. The van der Waals surface area contributed by atoms with Gasteiger partial charge in [-0.2, -0.15) is 11.8 Å². The second kappa shape index (κ2) is 12.9. The molecule has 6 rings (SSSR count). The maximum Gasteiger partial charge on any atom is 0.352 e. The number of pyridine rings is 1. The van der Waals surface area contributed by atoms with Gasteiger partial charge in [-0.15, -0.1) is 11.3 Å². The van der Waals surface area contributed by atoms with Gasteiger partial charge in [-0.1, -0.05) is 23.4 Å². The summed E-state index contributed by atoms with van der Waals surface area (Å²) in [7, 11) is 0. The van der Waals surface area contributed by atoms with Crippen LogP contribution >= 0.6 is 23.1 Å². The summed E-state index contributed by atoms with van der Waals surface area (Å²) < 4.78 is 15.9. The number of thioether (sulfide) groups is 1. The highest BCUT2D eigenvalue weighted by atomic mass is 32.2. The number of hydrogen-bond donors (Lipinski definition) is 6. The Bertz CT molecular complexity index is 2040. The molecule has 2 aliphatic rings. The van der Waals surface area contributed by atoms with Gasteiger partial charge in [0.2, 0.25) is 6.10 Å². The van der Waals surface area contributed by atoms with Gasteiger partial charge in [0, 0.05) is 39.0 Å². The number of amides is 1. The normalized spacial score (nSPS) is 19.7. The summed E-state index contributed by atoms with van der Waals surface area (Å²) in [6.45, 7) is 0.250. The van der Waals surface area contributed by atoms with Crippen LogP contribution in [0.15, 0.2) is 76.5 Å². The number of nitrogens with zero attached hydrogens (tertiary/aromatic N) is 3. The van der Waals surface area contributed by atoms with Crippen LogP contribution in [0.1, 0.15) is 17.4 Å². The molecule has 1 unspecified atom stereocenters. The van der Waals surface area contributed by atoms with Crippen molar-refractivity contribution in [2.75, 3.05) is 11.5 Å². The number of aliphatic carboxylic acids is 2. The molecule has 2 aromatic carbocycles. The summed E-state index contributed by atoms with van der Waals surface area (Å²) >= 11 is 2.26. The number of carboxylic acid groups (broad SMARTS) is 2. The summed E-state index contributed by atoms with van der Waals surface area (Å²) in [5.41, 5.74) is 5.12. The van der Waals surface area contributed by atoms with E-state index in [4.69, 9.17) is 10.6 Å². The molecule has 2 aromatic heterocycles. The average Bonchev–Trinajstić information content (AvgIpc) is 3.49. The standard InChI is InChI=1S/C31H24FN5O9S2/c32-17-7-15(8-19(38)24(17)39)26(30(44)45)46-36-22(18-12-48-31(33)34-18)28(41)35-23-25(40)21-20(29(42)43)16(11-47-27(21)23)10-37-6-5-13-3-1-2-4-14(13)9-37/h1-9,12,21,23,26-27H,10-11H2,(H6-,33,34,35,36,38,39,41,42,43,44,45)/p+1/t21?,23-,26+,27+/m1/s1. The molecule has 4 aromatic rings. The molecule has 48 heavy (non-hydrogen) atoms. The van der Waals surface area contributed by atoms with Gasteiger partial charge in [0.1, 0.15) is 11.7 Å². The van der Waals surface area contributed by atoms with Gasteiger partial charge >= 0.3 is 11.9 Å². The Morgan fingerprint density at radius 2 is 1.92 bits per heavy atom. The molecule has 1 aliphatic carbocycles. The highest BCUT2D eigenvalue weighted by Gasteiger charge is 2.57. The minimum absolute atomic E-state index is 0.0203. The van der Waals surface area contributed by atoms with Crippen LogP contribution < -0.4 is 15.6 Å². The van der Waals surface area contributed by atoms with Crippen molar-refractivity contribution in [2.45, 2.75) is 23.9 Å². The Hall–Kier alpha value is -5.55. The van der Waals surface area contributed by atoms with Crippen LogP contribution in [-0.4, -0.2) is 71.8 Å². The van der Waals surface area contributed by atoms with Gasteiger partial charge in [-0.3, -0.25) is 9.59 Å². The van der Waals surface area contributed by atoms with Crippen LogP contribution in [0.25, 0.3) is 10.8 Å². The fourth-order valence-corrected chi connectivity index (χ4v) is 7.62. The van der Waals surface area contributed by atoms with E-state index in [1.807, 2.05) is 47.3 Å². The van der Waals surface area contributed by atoms with Gasteiger partial charge in [0.05, 0.1) is 11.5 Å². The van der Waals surface area contributed by atoms with Crippen molar-refractivity contribution in [1.29, 1.82) is 0 Å². The zero-order valence-corrected chi connectivity index (χ0v) is 26.1. The van der Waals surface area contributed by atoms with E-state index in [2.05, 4.69) is 15.5 Å². The van der Waals surface area contributed by atoms with E-state index in [0.717, 1.165) is 28.2 Å². The summed E-state index contributed by atoms with van der Waals surface area (Å²) in [5, 5.41) is 48.0. The van der Waals surface area contributed by atoms with Crippen molar-refractivity contribution in [1.82, 2.24) is 10.3 Å². The van der Waals surface area contributed by atoms with Crippen LogP contribution in [0.3, 0.4) is 0 Å². The summed E-state index contributed by atoms with van der Waals surface area (Å²) in [4.78, 5) is 60.4. The first kappa shape index (κ1) is 32.4. The first-order valence-corrected chi connectivity index (χ1v) is 16.0. The highest BCUT2D eigenvalue weighted by molar-refractivity contribution is 8.00. The quantitative estimate of drug-likeness (QED) is 0.0608. The lowest BCUT2D eigenvalue weighted by Gasteiger charge is -2.45. The molecule has 1 amide bonds. The molecule has 4 atom stereocenters. The molecule has 0 bridgehead atoms. The van der Waals surface area contributed by atoms with Gasteiger partial charge in [-0.05, 0) is 23.6 Å². The van der Waals surface area contributed by atoms with Crippen LogP contribution in [-0.2, 0) is 30.6 Å². The zero-order chi connectivity index (χ0) is 34.3. The minimum atomic E-state index is -2.05. The molecule has 0 radical (unpaired) electrons. The summed E-state index contributed by atoms with van der Waals surface area (Å²) in [5.74, 6) is -8.53. The van der Waals surface area contributed by atoms with E-state index in [1.165, 1.54) is 17.1 Å². The van der Waals surface area contributed by atoms with E-state index >= 15 is 0 Å². The molecule has 1 fully saturated rings. The number of nitrogens with two attached hydrogens (primary N) is 1. The first-order valence-electron chi connectivity index (χ1n) is 14.1. The van der Waals surface area contributed by atoms with Crippen molar-refractivity contribution in [3.05, 3.63) is 88.5 Å². The number of ketones is 1. The van der Waals surface area contributed by atoms with E-state index in [0.29, 0.717) is 11.6 Å². The van der Waals surface area contributed by atoms with E-state index < -0.39 is 75.5 Å². The number of nitrogens with one attached hydrogen (secondary N) is 1. The number of hydrogen-bond acceptors (Lipinski definition) is 12. The monoisotopic (exact) mass is 694 g/mol. The number of carbonyl (C=O) groups excluding carboxylic acids is 2. The number of thiazole rings is 1. The van der Waals surface area contributed by atoms with Gasteiger partial charge in [0.25, 0.3) is 5.91 Å². The molecule has 1 saturated carbocycles. The van der Waals surface area contributed by atoms with Gasteiger partial charge < -0.3 is 36.3 Å². The average molecular weight is 695 g/mol. The van der Waals surface area contributed by atoms with Crippen LogP contribution in [0.4, 0.5) is 9.52 Å². The lowest BCUT2D eigenvalue weighted by Crippen LogP contribution is -2.66. The Morgan fingerprint density at radius 3 is 2.58 bits per heavy atom. The first-order chi connectivity index (χ1) is 22.9. The molecule has 3 heterocycles. The SMILES string of the molecule is Nc1nc(/C(=N/O[C@H](C(=O)O)c2cc(O)c(O)c(F)c2)C(=O)N[C@@H]2C(=O)C3C(C(=O)O)=C(C[n+]4ccc5ccccc5c4)CS[C@@H]32)cs1. The third-order valence-electron chi connectivity index (χ3n) is 7.87. The number of anilines is 1. The number of Topliss-reactive ketones (excluding diaryl/α,β-unsaturated/α-hetero) is 1. The predicted molar refractivity (Wildman–Crippen MR) is 170 cm³/mol. The predicted octanol–water partition coefficient (Wildman–Crippen LogP) is 2.14. The number of halogens is 1. The molecule has 246 valence electrons. The number of rotatable bonds is 10. The second-order valence-corrected chi connectivity index (χ2v) is 12.9. The van der Waals surface area contributed by atoms with Crippen molar-refractivity contribution in [2.24, 2.45) is 11.1 Å². The lowest BCUT2D eigenvalue weighted by molar-refractivity contribution is -0.687. The molecule has 0 saturated heterocycles. The van der Waals surface area contributed by atoms with Crippen molar-refractivity contribution >= 4 is 68.3 Å². The minimum Gasteiger partial charge on any atom is -0.504 e. The third kappa shape index (κ3) is 6.12. The molecule has 1 aliphatic heterocycles. The van der Waals surface area contributed by atoms with Crippen LogP contribution in [0.5, 0.6) is 11.5 Å². The molecule has 7 N–H and O–H groups in total. The van der Waals surface area contributed by atoms with Crippen molar-refractivity contribution < 1.29 is 53.4 Å². The largest absolute Gasteiger partial charge is 0.504 e. The number of phenolic OH excluding ortho intramolecular Hbond substituents is 2. The number of phenols is 2. The Kier molecular flexibility index (Phi) is 8.72. The third-order valence-corrected chi connectivity index (χ3v) is 9.99. The fraction of sp³-hybridized carbons (Fsp3) is 0.194. The Labute approximate surface area is 278 Å². The fourth-order valence-electron chi connectivity index (χ4n) is 5.57. The van der Waals surface area contributed by atoms with E-state index in [1.54, 1.807) is 0 Å². The van der Waals surface area contributed by atoms with Gasteiger partial charge in [-0.25, -0.2) is 23.5 Å². The van der Waals surface area contributed by atoms with Gasteiger partial charge in [0.15, 0.2) is 52.9 Å². The second-order valence-electron chi connectivity index (χ2n) is 10.9. The Balaban J connectivity index is 1.23. The molecule has 17 heteroatoms. The van der Waals surface area contributed by atoms with Crippen molar-refractivity contribution in [3.8, 4) is 11.5 Å². The molecular weight excluding hydrogens is 669 g/mol. The van der Waals surface area contributed by atoms with Crippen molar-refractivity contribution in [3.63, 3.8) is 0 Å². The van der Waals surface area contributed by atoms with Crippen LogP contribution in [0.2, 0.25) is 0 Å². The number of oxime groups is 1. The summed E-state index contributed by atoms with van der Waals surface area (Å²) in [6.07, 6.45) is 1.69. The molecule has 14 nitrogen and oxygen atoms in total. The number of benzene rings is 2. The smallest absolute Gasteiger partial charge is 0.352 e. The number of aromatic hydroxyl groups is 2. The topological polar surface area (TPSA) is 226 Å². The number of aromatic nitrogens is 2. The number of carbonyl (C=O) groups is 4. The van der Waals surface area contributed by atoms with E-state index in [-0.39, 0.29) is 28.7 Å².